The zero-order chi connectivity index (χ0) is 17.5. The number of aromatic nitrogens is 4. The standard InChI is InChI=1S/C10H13FN5O6PS/c11-22-23(19,24)21-5-1-4(2-17)20-9(5)16-3-13-6-7(16)14-10(12)15-8(6)18/h3-5,9,17H,1-2H2,(H,19,24)(H3,12,14,15,18)/t4-,5+,9+,23-/m0/s1. The molecular formula is C10H13FN5O6PS. The summed E-state index contributed by atoms with van der Waals surface area (Å²) in [5.41, 5.74) is 5.04. The van der Waals surface area contributed by atoms with Crippen molar-refractivity contribution in [3.8, 4) is 0 Å². The molecule has 0 spiro atoms. The molecule has 1 fully saturated rings. The van der Waals surface area contributed by atoms with Gasteiger partial charge in [-0.15, -0.1) is 0 Å². The highest BCUT2D eigenvalue weighted by atomic mass is 32.7. The summed E-state index contributed by atoms with van der Waals surface area (Å²) >= 11 is 3.47. The molecule has 0 amide bonds. The molecule has 0 radical (unpaired) electrons. The average molecular weight is 381 g/mol. The number of imidazole rings is 1. The molecule has 0 bridgehead atoms. The Hall–Kier alpha value is -1.50. The van der Waals surface area contributed by atoms with Crippen LogP contribution in [0, 0.1) is 0 Å². The SMILES string of the molecule is Nc1nc2c(ncn2[C@@H]2O[C@H](CO)C[C@H]2O[P@](=O)(S)OF)c(=O)[nH]1. The highest BCUT2D eigenvalue weighted by molar-refractivity contribution is 8.44. The van der Waals surface area contributed by atoms with Gasteiger partial charge in [0, 0.05) is 6.42 Å². The van der Waals surface area contributed by atoms with Crippen molar-refractivity contribution in [2.24, 2.45) is 0 Å². The van der Waals surface area contributed by atoms with Gasteiger partial charge < -0.3 is 15.6 Å². The van der Waals surface area contributed by atoms with Crippen LogP contribution in [-0.2, 0) is 18.6 Å². The van der Waals surface area contributed by atoms with E-state index in [4.69, 9.17) is 15.0 Å². The van der Waals surface area contributed by atoms with Gasteiger partial charge in [-0.2, -0.15) is 4.98 Å². The van der Waals surface area contributed by atoms with Crippen molar-refractivity contribution in [2.45, 2.75) is 24.9 Å². The Bertz CT molecular complexity index is 860. The number of H-pyrrole nitrogens is 1. The van der Waals surface area contributed by atoms with Crippen molar-refractivity contribution in [1.29, 1.82) is 0 Å². The van der Waals surface area contributed by atoms with Crippen molar-refractivity contribution in [3.63, 3.8) is 0 Å². The molecule has 1 aliphatic rings. The van der Waals surface area contributed by atoms with Crippen molar-refractivity contribution in [2.75, 3.05) is 12.3 Å². The first-order valence-corrected chi connectivity index (χ1v) is 9.34. The molecular weight excluding hydrogens is 368 g/mol. The van der Waals surface area contributed by atoms with Crippen LogP contribution in [-0.4, -0.2) is 43.4 Å². The van der Waals surface area contributed by atoms with E-state index in [0.29, 0.717) is 0 Å². The van der Waals surface area contributed by atoms with E-state index >= 15 is 0 Å². The number of aliphatic hydroxyl groups is 1. The summed E-state index contributed by atoms with van der Waals surface area (Å²) in [6.45, 7) is -4.61. The molecule has 3 rings (SSSR count). The number of nitrogens with zero attached hydrogens (tertiary/aromatic N) is 3. The number of ether oxygens (including phenoxy) is 1. The Labute approximate surface area is 138 Å². The monoisotopic (exact) mass is 381 g/mol. The van der Waals surface area contributed by atoms with E-state index in [2.05, 4.69) is 31.9 Å². The first kappa shape index (κ1) is 17.3. The minimum absolute atomic E-state index is 0.00482. The van der Waals surface area contributed by atoms with Crippen molar-refractivity contribution < 1.29 is 28.2 Å². The fraction of sp³-hybridized carbons (Fsp3) is 0.500. The van der Waals surface area contributed by atoms with E-state index < -0.39 is 30.8 Å². The molecule has 0 saturated carbocycles. The predicted molar refractivity (Wildman–Crippen MR) is 81.8 cm³/mol. The number of anilines is 1. The number of fused-ring (bicyclic) bond motifs is 1. The maximum absolute atomic E-state index is 12.3. The third-order valence-electron chi connectivity index (χ3n) is 3.43. The molecule has 2 aromatic heterocycles. The van der Waals surface area contributed by atoms with Crippen LogP contribution in [0.15, 0.2) is 11.1 Å². The van der Waals surface area contributed by atoms with Gasteiger partial charge in [0.15, 0.2) is 17.4 Å². The fourth-order valence-electron chi connectivity index (χ4n) is 2.49. The maximum Gasteiger partial charge on any atom is 0.417 e. The number of nitrogens with one attached hydrogen (secondary N) is 1. The molecule has 14 heteroatoms. The van der Waals surface area contributed by atoms with Gasteiger partial charge in [0.2, 0.25) is 5.95 Å². The Balaban J connectivity index is 2.02. The van der Waals surface area contributed by atoms with Gasteiger partial charge in [0.05, 0.1) is 19.0 Å². The third-order valence-corrected chi connectivity index (χ3v) is 4.61. The Kier molecular flexibility index (Phi) is 4.64. The van der Waals surface area contributed by atoms with Crippen molar-refractivity contribution in [1.82, 2.24) is 19.5 Å². The smallest absolute Gasteiger partial charge is 0.394 e. The summed E-state index contributed by atoms with van der Waals surface area (Å²) in [5, 5.41) is 9.27. The Morgan fingerprint density at radius 1 is 1.67 bits per heavy atom. The van der Waals surface area contributed by atoms with Gasteiger partial charge in [0.1, 0.15) is 6.10 Å². The minimum atomic E-state index is -4.26. The van der Waals surface area contributed by atoms with Crippen LogP contribution in [0.5, 0.6) is 0 Å². The fourth-order valence-corrected chi connectivity index (χ4v) is 3.42. The van der Waals surface area contributed by atoms with E-state index in [9.17, 15) is 19.0 Å². The number of thiol groups is 1. The van der Waals surface area contributed by atoms with Crippen LogP contribution in [0.25, 0.3) is 11.2 Å². The lowest BCUT2D eigenvalue weighted by Gasteiger charge is -2.21. The van der Waals surface area contributed by atoms with E-state index in [1.165, 1.54) is 10.9 Å². The molecule has 0 aliphatic carbocycles. The zero-order valence-corrected chi connectivity index (χ0v) is 13.7. The van der Waals surface area contributed by atoms with Gasteiger partial charge in [-0.1, -0.05) is 17.0 Å². The van der Waals surface area contributed by atoms with Crippen molar-refractivity contribution >= 4 is 36.2 Å². The van der Waals surface area contributed by atoms with E-state index in [-0.39, 0.29) is 30.1 Å². The molecule has 11 nitrogen and oxygen atoms in total. The van der Waals surface area contributed by atoms with Crippen LogP contribution in [0.1, 0.15) is 12.6 Å². The first-order valence-electron chi connectivity index (χ1n) is 6.65. The average Bonchev–Trinajstić information content (AvgIpc) is 3.10. The minimum Gasteiger partial charge on any atom is -0.394 e. The number of aliphatic hydroxyl groups excluding tert-OH is 1. The molecule has 24 heavy (non-hydrogen) atoms. The summed E-state index contributed by atoms with van der Waals surface area (Å²) in [7, 11) is 0. The van der Waals surface area contributed by atoms with Gasteiger partial charge in [-0.3, -0.25) is 18.9 Å². The zero-order valence-electron chi connectivity index (χ0n) is 11.9. The summed E-state index contributed by atoms with van der Waals surface area (Å²) in [5.74, 6) is -0.143. The largest absolute Gasteiger partial charge is 0.417 e. The second kappa shape index (κ2) is 6.43. The number of aromatic amines is 1. The number of nitrogen functional groups attached to an aromatic ring is 1. The second-order valence-electron chi connectivity index (χ2n) is 5.02. The van der Waals surface area contributed by atoms with Crippen LogP contribution in [0.3, 0.4) is 0 Å². The summed E-state index contributed by atoms with van der Waals surface area (Å²) in [6, 6.07) is 0. The molecule has 1 aliphatic heterocycles. The maximum atomic E-state index is 12.3. The highest BCUT2D eigenvalue weighted by Gasteiger charge is 2.42. The molecule has 3 heterocycles. The van der Waals surface area contributed by atoms with Gasteiger partial charge in [-0.05, 0) is 4.53 Å². The van der Waals surface area contributed by atoms with E-state index in [0.717, 1.165) is 0 Å². The molecule has 1 saturated heterocycles. The van der Waals surface area contributed by atoms with Crippen LogP contribution >= 0.6 is 19.0 Å². The lowest BCUT2D eigenvalue weighted by Crippen LogP contribution is -2.22. The molecule has 0 aromatic carbocycles. The molecule has 4 N–H and O–H groups in total. The number of hydrogen-bond acceptors (Lipinski definition) is 9. The Morgan fingerprint density at radius 2 is 2.42 bits per heavy atom. The lowest BCUT2D eigenvalue weighted by atomic mass is 10.2. The van der Waals surface area contributed by atoms with Crippen LogP contribution in [0.4, 0.5) is 10.5 Å². The van der Waals surface area contributed by atoms with Crippen LogP contribution in [0.2, 0.25) is 0 Å². The third kappa shape index (κ3) is 3.18. The van der Waals surface area contributed by atoms with E-state index in [1.807, 2.05) is 0 Å². The summed E-state index contributed by atoms with van der Waals surface area (Å²) in [4.78, 5) is 22.0. The van der Waals surface area contributed by atoms with Gasteiger partial charge in [-0.25, -0.2) is 9.55 Å². The van der Waals surface area contributed by atoms with Gasteiger partial charge >= 0.3 is 6.80 Å². The van der Waals surface area contributed by atoms with Gasteiger partial charge in [0.25, 0.3) is 5.56 Å². The highest BCUT2D eigenvalue weighted by Crippen LogP contribution is 2.56. The molecule has 0 unspecified atom stereocenters. The summed E-state index contributed by atoms with van der Waals surface area (Å²) in [6.07, 6.45) is -1.36. The second-order valence-corrected chi connectivity index (χ2v) is 7.78. The number of rotatable bonds is 5. The summed E-state index contributed by atoms with van der Waals surface area (Å²) < 4.78 is 39.0. The number of nitrogens with two attached hydrogens (primary N) is 1. The van der Waals surface area contributed by atoms with E-state index in [1.54, 1.807) is 0 Å². The molecule has 2 aromatic rings. The quantitative estimate of drug-likeness (QED) is 0.423. The first-order chi connectivity index (χ1) is 11.3. The predicted octanol–water partition coefficient (Wildman–Crippen LogP) is 0.306. The molecule has 132 valence electrons. The van der Waals surface area contributed by atoms with Crippen LogP contribution < -0.4 is 11.3 Å². The molecule has 4 atom stereocenters. The van der Waals surface area contributed by atoms with Crippen molar-refractivity contribution in [3.05, 3.63) is 16.7 Å². The Morgan fingerprint density at radius 3 is 3.08 bits per heavy atom. The normalized spacial score (nSPS) is 26.7. The number of halogens is 1. The lowest BCUT2D eigenvalue weighted by molar-refractivity contribution is -0.0598. The number of hydrogen-bond donors (Lipinski definition) is 4. The topological polar surface area (TPSA) is 155 Å².